The van der Waals surface area contributed by atoms with Crippen molar-refractivity contribution in [1.29, 1.82) is 0 Å². The van der Waals surface area contributed by atoms with E-state index in [1.165, 1.54) is 46.0 Å². The Kier molecular flexibility index (Phi) is 6.70. The first-order chi connectivity index (χ1) is 10.3. The number of carbonyl (C=O) groups is 1. The first kappa shape index (κ1) is 16.0. The molecule has 0 saturated carbocycles. The van der Waals surface area contributed by atoms with Crippen LogP contribution in [-0.2, 0) is 11.3 Å². The molecule has 4 nitrogen and oxygen atoms in total. The smallest absolute Gasteiger partial charge is 0.338 e. The summed E-state index contributed by atoms with van der Waals surface area (Å²) in [5.74, 6) is -0.263. The molecule has 4 heteroatoms. The molecule has 0 amide bonds. The monoisotopic (exact) mass is 290 g/mol. The van der Waals surface area contributed by atoms with E-state index in [0.717, 1.165) is 18.5 Å². The lowest BCUT2D eigenvalue weighted by Crippen LogP contribution is -2.32. The molecule has 21 heavy (non-hydrogen) atoms. The first-order valence-electron chi connectivity index (χ1n) is 7.90. The molecule has 1 aliphatic rings. The van der Waals surface area contributed by atoms with Crippen LogP contribution in [0, 0.1) is 0 Å². The van der Waals surface area contributed by atoms with E-state index in [0.29, 0.717) is 12.1 Å². The van der Waals surface area contributed by atoms with Gasteiger partial charge >= 0.3 is 5.97 Å². The van der Waals surface area contributed by atoms with Gasteiger partial charge in [0.15, 0.2) is 0 Å². The number of rotatable bonds is 7. The van der Waals surface area contributed by atoms with Crippen LogP contribution >= 0.6 is 0 Å². The van der Waals surface area contributed by atoms with Crippen molar-refractivity contribution >= 4 is 5.97 Å². The van der Waals surface area contributed by atoms with E-state index in [4.69, 9.17) is 4.74 Å². The van der Waals surface area contributed by atoms with Gasteiger partial charge < -0.3 is 15.0 Å². The minimum absolute atomic E-state index is 0.263. The molecule has 1 heterocycles. The Morgan fingerprint density at radius 3 is 2.76 bits per heavy atom. The van der Waals surface area contributed by atoms with Crippen molar-refractivity contribution in [2.45, 2.75) is 32.2 Å². The zero-order chi connectivity index (χ0) is 14.9. The van der Waals surface area contributed by atoms with Gasteiger partial charge in [0.05, 0.1) is 12.7 Å². The third-order valence-corrected chi connectivity index (χ3v) is 4.01. The van der Waals surface area contributed by atoms with Gasteiger partial charge in [-0.25, -0.2) is 4.79 Å². The Morgan fingerprint density at radius 1 is 1.24 bits per heavy atom. The van der Waals surface area contributed by atoms with Crippen molar-refractivity contribution in [2.24, 2.45) is 0 Å². The van der Waals surface area contributed by atoms with E-state index in [-0.39, 0.29) is 5.97 Å². The third-order valence-electron chi connectivity index (χ3n) is 4.01. The molecule has 1 aromatic rings. The molecule has 1 aliphatic heterocycles. The summed E-state index contributed by atoms with van der Waals surface area (Å²) in [7, 11) is 1.42. The van der Waals surface area contributed by atoms with E-state index >= 15 is 0 Å². The van der Waals surface area contributed by atoms with Crippen LogP contribution in [0.3, 0.4) is 0 Å². The van der Waals surface area contributed by atoms with E-state index < -0.39 is 0 Å². The van der Waals surface area contributed by atoms with Gasteiger partial charge in [-0.3, -0.25) is 0 Å². The number of likely N-dealkylation sites (tertiary alicyclic amines) is 1. The summed E-state index contributed by atoms with van der Waals surface area (Å²) in [6, 6.07) is 7.61. The van der Waals surface area contributed by atoms with Crippen molar-refractivity contribution in [3.05, 3.63) is 35.4 Å². The van der Waals surface area contributed by atoms with Gasteiger partial charge in [0.25, 0.3) is 0 Å². The number of piperidine rings is 1. The van der Waals surface area contributed by atoms with Crippen LogP contribution in [0.2, 0.25) is 0 Å². The lowest BCUT2D eigenvalue weighted by molar-refractivity contribution is 0.0599. The number of esters is 1. The fraction of sp³-hybridized carbons (Fsp3) is 0.588. The number of hydrogen-bond donors (Lipinski definition) is 1. The van der Waals surface area contributed by atoms with E-state index in [1.54, 1.807) is 0 Å². The summed E-state index contributed by atoms with van der Waals surface area (Å²) >= 11 is 0. The lowest BCUT2D eigenvalue weighted by Gasteiger charge is -2.26. The van der Waals surface area contributed by atoms with Crippen LogP contribution in [0.4, 0.5) is 0 Å². The molecule has 0 spiro atoms. The number of nitrogens with zero attached hydrogens (tertiary/aromatic N) is 1. The quantitative estimate of drug-likeness (QED) is 0.618. The Labute approximate surface area is 127 Å². The summed E-state index contributed by atoms with van der Waals surface area (Å²) in [6.45, 7) is 5.37. The molecule has 1 fully saturated rings. The Balaban J connectivity index is 1.69. The van der Waals surface area contributed by atoms with Crippen LogP contribution in [0.25, 0.3) is 0 Å². The third kappa shape index (κ3) is 5.14. The van der Waals surface area contributed by atoms with Crippen LogP contribution in [0.5, 0.6) is 0 Å². The lowest BCUT2D eigenvalue weighted by atomic mass is 10.1. The summed E-state index contributed by atoms with van der Waals surface area (Å²) in [5.41, 5.74) is 1.66. The highest BCUT2D eigenvalue weighted by molar-refractivity contribution is 5.90. The number of carbonyl (C=O) groups excluding carboxylic acids is 1. The van der Waals surface area contributed by atoms with Gasteiger partial charge in [0.2, 0.25) is 0 Å². The number of ether oxygens (including phenoxy) is 1. The van der Waals surface area contributed by atoms with Crippen molar-refractivity contribution in [2.75, 3.05) is 33.3 Å². The van der Waals surface area contributed by atoms with Crippen LogP contribution in [0.15, 0.2) is 24.3 Å². The molecule has 1 N–H and O–H groups in total. The van der Waals surface area contributed by atoms with Gasteiger partial charge in [-0.1, -0.05) is 24.6 Å². The molecule has 0 bridgehead atoms. The molecular weight excluding hydrogens is 264 g/mol. The number of benzene rings is 1. The van der Waals surface area contributed by atoms with Gasteiger partial charge in [-0.2, -0.15) is 0 Å². The Morgan fingerprint density at radius 2 is 2.00 bits per heavy atom. The summed E-state index contributed by atoms with van der Waals surface area (Å²) in [4.78, 5) is 14.2. The standard InChI is InChI=1S/C17H26N2O2/c1-21-17(20)16-9-4-3-8-15(16)14-18-10-7-13-19-11-5-2-6-12-19/h3-4,8-9,18H,2,5-7,10-14H2,1H3. The fourth-order valence-corrected chi connectivity index (χ4v) is 2.82. The SMILES string of the molecule is COC(=O)c1ccccc1CNCCCN1CCCCC1. The van der Waals surface area contributed by atoms with Gasteiger partial charge in [-0.15, -0.1) is 0 Å². The van der Waals surface area contributed by atoms with Crippen LogP contribution in [0.1, 0.15) is 41.6 Å². The molecule has 0 atom stereocenters. The van der Waals surface area contributed by atoms with Gasteiger partial charge in [-0.05, 0) is 57.1 Å². The van der Waals surface area contributed by atoms with Crippen LogP contribution < -0.4 is 5.32 Å². The molecule has 0 unspecified atom stereocenters. The maximum absolute atomic E-state index is 11.7. The topological polar surface area (TPSA) is 41.6 Å². The molecular formula is C17H26N2O2. The molecule has 116 valence electrons. The van der Waals surface area contributed by atoms with Gasteiger partial charge in [0, 0.05) is 6.54 Å². The van der Waals surface area contributed by atoms with Crippen molar-refractivity contribution in [3.8, 4) is 0 Å². The highest BCUT2D eigenvalue weighted by atomic mass is 16.5. The number of hydrogen-bond acceptors (Lipinski definition) is 4. The zero-order valence-electron chi connectivity index (χ0n) is 12.9. The number of methoxy groups -OCH3 is 1. The Hall–Kier alpha value is -1.39. The molecule has 0 aliphatic carbocycles. The minimum Gasteiger partial charge on any atom is -0.465 e. The maximum Gasteiger partial charge on any atom is 0.338 e. The molecule has 0 radical (unpaired) electrons. The summed E-state index contributed by atoms with van der Waals surface area (Å²) < 4.78 is 4.81. The average molecular weight is 290 g/mol. The summed E-state index contributed by atoms with van der Waals surface area (Å²) in [6.07, 6.45) is 5.24. The molecule has 1 saturated heterocycles. The van der Waals surface area contributed by atoms with Crippen LogP contribution in [-0.4, -0.2) is 44.2 Å². The van der Waals surface area contributed by atoms with Crippen molar-refractivity contribution < 1.29 is 9.53 Å². The highest BCUT2D eigenvalue weighted by Gasteiger charge is 2.11. The second kappa shape index (κ2) is 8.80. The first-order valence-corrected chi connectivity index (χ1v) is 7.90. The fourth-order valence-electron chi connectivity index (χ4n) is 2.82. The highest BCUT2D eigenvalue weighted by Crippen LogP contribution is 2.10. The molecule has 1 aromatic carbocycles. The zero-order valence-corrected chi connectivity index (χ0v) is 12.9. The minimum atomic E-state index is -0.263. The normalized spacial score (nSPS) is 15.9. The molecule has 0 aromatic heterocycles. The molecule has 2 rings (SSSR count). The van der Waals surface area contributed by atoms with Crippen molar-refractivity contribution in [3.63, 3.8) is 0 Å². The van der Waals surface area contributed by atoms with E-state index in [1.807, 2.05) is 24.3 Å². The summed E-state index contributed by atoms with van der Waals surface area (Å²) in [5, 5.41) is 3.43. The predicted molar refractivity (Wildman–Crippen MR) is 84.4 cm³/mol. The number of nitrogens with one attached hydrogen (secondary N) is 1. The largest absolute Gasteiger partial charge is 0.465 e. The predicted octanol–water partition coefficient (Wildman–Crippen LogP) is 2.44. The van der Waals surface area contributed by atoms with E-state index in [2.05, 4.69) is 10.2 Å². The van der Waals surface area contributed by atoms with Crippen molar-refractivity contribution in [1.82, 2.24) is 10.2 Å². The van der Waals surface area contributed by atoms with E-state index in [9.17, 15) is 4.79 Å². The second-order valence-electron chi connectivity index (χ2n) is 5.58. The maximum atomic E-state index is 11.7. The average Bonchev–Trinajstić information content (AvgIpc) is 2.55. The Bertz CT molecular complexity index is 442. The second-order valence-corrected chi connectivity index (χ2v) is 5.58. The van der Waals surface area contributed by atoms with Gasteiger partial charge in [0.1, 0.15) is 0 Å².